The second kappa shape index (κ2) is 6.61. The number of pyridine rings is 1. The summed E-state index contributed by atoms with van der Waals surface area (Å²) in [5, 5.41) is 5.16. The summed E-state index contributed by atoms with van der Waals surface area (Å²) in [5.41, 5.74) is 2.86. The average molecular weight is 353 g/mol. The molecule has 3 aromatic rings. The van der Waals surface area contributed by atoms with Gasteiger partial charge in [-0.15, -0.1) is 0 Å². The molecule has 0 saturated carbocycles. The monoisotopic (exact) mass is 353 g/mol. The second-order valence-corrected chi connectivity index (χ2v) is 6.85. The van der Waals surface area contributed by atoms with Crippen LogP contribution in [-0.4, -0.2) is 34.2 Å². The van der Waals surface area contributed by atoms with E-state index in [-0.39, 0.29) is 17.7 Å². The summed E-state index contributed by atoms with van der Waals surface area (Å²) in [4.78, 5) is 13.0. The van der Waals surface area contributed by atoms with E-state index in [0.29, 0.717) is 11.9 Å². The molecule has 4 rings (SSSR count). The first-order valence-electron chi connectivity index (χ1n) is 8.90. The Labute approximate surface area is 152 Å². The number of aromatic nitrogens is 3. The van der Waals surface area contributed by atoms with Gasteiger partial charge in [0.2, 0.25) is 0 Å². The maximum atomic E-state index is 13.0. The average Bonchev–Trinajstić information content (AvgIpc) is 3.25. The van der Waals surface area contributed by atoms with Crippen molar-refractivity contribution in [3.63, 3.8) is 0 Å². The molecule has 2 unspecified atom stereocenters. The lowest BCUT2D eigenvalue weighted by atomic mass is 10.1. The minimum Gasteiger partial charge on any atom is -0.497 e. The molecular weight excluding hydrogens is 330 g/mol. The Morgan fingerprint density at radius 1 is 1.31 bits per heavy atom. The smallest absolute Gasteiger partial charge is 0.262 e. The summed E-state index contributed by atoms with van der Waals surface area (Å²) in [6, 6.07) is 10.0. The van der Waals surface area contributed by atoms with Gasteiger partial charge in [0, 0.05) is 12.3 Å². The fourth-order valence-electron chi connectivity index (χ4n) is 3.68. The Balaban J connectivity index is 1.73. The molecule has 1 aliphatic heterocycles. The minimum absolute atomic E-state index is 0.00589. The van der Waals surface area contributed by atoms with Gasteiger partial charge < -0.3 is 14.0 Å². The third-order valence-electron chi connectivity index (χ3n) is 5.23. The third-order valence-corrected chi connectivity index (χ3v) is 5.23. The minimum atomic E-state index is -0.00589. The number of aryl methyl sites for hydroxylation is 1. The maximum absolute atomic E-state index is 13.0. The Kier molecular flexibility index (Phi) is 4.28. The van der Waals surface area contributed by atoms with Crippen LogP contribution in [0, 0.1) is 6.92 Å². The van der Waals surface area contributed by atoms with Crippen molar-refractivity contribution in [3.8, 4) is 5.75 Å². The second-order valence-electron chi connectivity index (χ2n) is 6.85. The Bertz CT molecular complexity index is 988. The van der Waals surface area contributed by atoms with E-state index < -0.39 is 0 Å². The van der Waals surface area contributed by atoms with Crippen LogP contribution in [0.2, 0.25) is 0 Å². The molecule has 1 aromatic carbocycles. The lowest BCUT2D eigenvalue weighted by Gasteiger charge is -2.17. The van der Waals surface area contributed by atoms with Crippen LogP contribution in [-0.2, 0) is 11.3 Å². The van der Waals surface area contributed by atoms with Gasteiger partial charge in [-0.1, -0.05) is 12.1 Å². The number of rotatable bonds is 4. The fourth-order valence-corrected chi connectivity index (χ4v) is 3.68. The summed E-state index contributed by atoms with van der Waals surface area (Å²) in [6.07, 6.45) is 2.72. The van der Waals surface area contributed by atoms with Gasteiger partial charge in [-0.2, -0.15) is 5.10 Å². The Morgan fingerprint density at radius 2 is 2.08 bits per heavy atom. The molecule has 0 radical (unpaired) electrons. The van der Waals surface area contributed by atoms with Crippen LogP contribution in [0.15, 0.2) is 41.3 Å². The molecule has 0 N–H and O–H groups in total. The van der Waals surface area contributed by atoms with Gasteiger partial charge in [0.05, 0.1) is 42.9 Å². The van der Waals surface area contributed by atoms with E-state index in [2.05, 4.69) is 18.1 Å². The number of fused-ring (bicyclic) bond motifs is 1. The van der Waals surface area contributed by atoms with E-state index in [1.54, 1.807) is 17.9 Å². The van der Waals surface area contributed by atoms with E-state index in [9.17, 15) is 4.79 Å². The van der Waals surface area contributed by atoms with Crippen LogP contribution in [0.4, 0.5) is 0 Å². The van der Waals surface area contributed by atoms with Gasteiger partial charge in [0.15, 0.2) is 0 Å². The first kappa shape index (κ1) is 16.8. The van der Waals surface area contributed by atoms with Crippen molar-refractivity contribution in [2.75, 3.05) is 13.7 Å². The molecule has 6 nitrogen and oxygen atoms in total. The molecule has 136 valence electrons. The normalized spacial score (nSPS) is 20.0. The molecule has 0 aliphatic carbocycles. The van der Waals surface area contributed by atoms with E-state index in [0.717, 1.165) is 35.6 Å². The van der Waals surface area contributed by atoms with Gasteiger partial charge >= 0.3 is 0 Å². The predicted molar refractivity (Wildman–Crippen MR) is 99.9 cm³/mol. The van der Waals surface area contributed by atoms with E-state index >= 15 is 0 Å². The number of benzene rings is 1. The summed E-state index contributed by atoms with van der Waals surface area (Å²) in [7, 11) is 1.64. The highest BCUT2D eigenvalue weighted by Crippen LogP contribution is 2.28. The van der Waals surface area contributed by atoms with Gasteiger partial charge in [-0.3, -0.25) is 9.48 Å². The van der Waals surface area contributed by atoms with Gasteiger partial charge in [-0.25, -0.2) is 0 Å². The Morgan fingerprint density at radius 3 is 2.73 bits per heavy atom. The summed E-state index contributed by atoms with van der Waals surface area (Å²) in [5.74, 6) is 0.808. The lowest BCUT2D eigenvalue weighted by molar-refractivity contribution is 0.106. The molecule has 2 atom stereocenters. The molecule has 0 amide bonds. The molecule has 1 saturated heterocycles. The number of ether oxygens (including phenoxy) is 2. The zero-order chi connectivity index (χ0) is 18.3. The number of nitrogens with zero attached hydrogens (tertiary/aromatic N) is 3. The van der Waals surface area contributed by atoms with Crippen LogP contribution in [0.3, 0.4) is 0 Å². The van der Waals surface area contributed by atoms with E-state index in [4.69, 9.17) is 9.47 Å². The molecule has 1 fully saturated rings. The highest BCUT2D eigenvalue weighted by molar-refractivity contribution is 5.78. The summed E-state index contributed by atoms with van der Waals surface area (Å²) < 4.78 is 14.6. The number of methoxy groups -OCH3 is 1. The van der Waals surface area contributed by atoms with Crippen LogP contribution in [0.25, 0.3) is 10.9 Å². The van der Waals surface area contributed by atoms with E-state index in [1.807, 2.05) is 35.9 Å². The maximum Gasteiger partial charge on any atom is 0.262 e. The zero-order valence-electron chi connectivity index (χ0n) is 15.3. The van der Waals surface area contributed by atoms with Crippen LogP contribution in [0.1, 0.15) is 30.6 Å². The molecule has 6 heteroatoms. The van der Waals surface area contributed by atoms with Crippen LogP contribution in [0.5, 0.6) is 5.75 Å². The molecule has 3 heterocycles. The lowest BCUT2D eigenvalue weighted by Crippen LogP contribution is -2.24. The van der Waals surface area contributed by atoms with Crippen LogP contribution >= 0.6 is 0 Å². The SMILES string of the molecule is COc1ccc(Cn2c(C)cc3c(cnn3C3CCOC3C)c2=O)cc1. The topological polar surface area (TPSA) is 58.3 Å². The number of hydrogen-bond donors (Lipinski definition) is 0. The first-order chi connectivity index (χ1) is 12.6. The van der Waals surface area contributed by atoms with Crippen molar-refractivity contribution in [1.29, 1.82) is 0 Å². The van der Waals surface area contributed by atoms with Crippen molar-refractivity contribution in [2.45, 2.75) is 39.0 Å². The van der Waals surface area contributed by atoms with Gasteiger partial charge in [0.25, 0.3) is 5.56 Å². The zero-order valence-corrected chi connectivity index (χ0v) is 15.3. The molecule has 2 aromatic heterocycles. The van der Waals surface area contributed by atoms with Crippen molar-refractivity contribution < 1.29 is 9.47 Å². The number of hydrogen-bond acceptors (Lipinski definition) is 4. The Hall–Kier alpha value is -2.60. The van der Waals surface area contributed by atoms with Crippen LogP contribution < -0.4 is 10.3 Å². The van der Waals surface area contributed by atoms with Crippen molar-refractivity contribution >= 4 is 10.9 Å². The van der Waals surface area contributed by atoms with Crippen molar-refractivity contribution in [2.24, 2.45) is 0 Å². The third kappa shape index (κ3) is 2.80. The van der Waals surface area contributed by atoms with Crippen molar-refractivity contribution in [1.82, 2.24) is 14.3 Å². The van der Waals surface area contributed by atoms with Gasteiger partial charge in [-0.05, 0) is 44.0 Å². The van der Waals surface area contributed by atoms with Crippen molar-refractivity contribution in [3.05, 3.63) is 58.1 Å². The molecule has 0 bridgehead atoms. The molecular formula is C20H23N3O3. The largest absolute Gasteiger partial charge is 0.497 e. The quantitative estimate of drug-likeness (QED) is 0.724. The summed E-state index contributed by atoms with van der Waals surface area (Å²) in [6.45, 7) is 5.29. The predicted octanol–water partition coefficient (Wildman–Crippen LogP) is 2.91. The molecule has 0 spiro atoms. The standard InChI is InChI=1S/C20H23N3O3/c1-13-10-19-17(11-21-23(19)18-8-9-26-14(18)2)20(24)22(13)12-15-4-6-16(25-3)7-5-15/h4-7,10-11,14,18H,8-9,12H2,1-3H3. The van der Waals surface area contributed by atoms with E-state index in [1.165, 1.54) is 0 Å². The highest BCUT2D eigenvalue weighted by Gasteiger charge is 2.28. The fraction of sp³-hybridized carbons (Fsp3) is 0.400. The summed E-state index contributed by atoms with van der Waals surface area (Å²) >= 11 is 0. The van der Waals surface area contributed by atoms with Gasteiger partial charge in [0.1, 0.15) is 5.75 Å². The first-order valence-corrected chi connectivity index (χ1v) is 8.90. The molecule has 26 heavy (non-hydrogen) atoms. The molecule has 1 aliphatic rings. The highest BCUT2D eigenvalue weighted by atomic mass is 16.5.